The van der Waals surface area contributed by atoms with Gasteiger partial charge in [-0.3, -0.25) is 4.68 Å². The minimum absolute atomic E-state index is 0.911. The van der Waals surface area contributed by atoms with E-state index in [2.05, 4.69) is 47.8 Å². The lowest BCUT2D eigenvalue weighted by atomic mass is 10.1. The van der Waals surface area contributed by atoms with Crippen LogP contribution in [0.3, 0.4) is 0 Å². The Balaban J connectivity index is 2.20. The molecule has 0 amide bonds. The van der Waals surface area contributed by atoms with Gasteiger partial charge in [-0.1, -0.05) is 24.3 Å². The van der Waals surface area contributed by atoms with Gasteiger partial charge in [0, 0.05) is 24.8 Å². The summed E-state index contributed by atoms with van der Waals surface area (Å²) in [6.07, 6.45) is 3.99. The lowest BCUT2D eigenvalue weighted by Crippen LogP contribution is -2.04. The average Bonchev–Trinajstić information content (AvgIpc) is 2.79. The Bertz CT molecular complexity index is 442. The maximum atomic E-state index is 4.27. The molecule has 2 rings (SSSR count). The van der Waals surface area contributed by atoms with Crippen molar-refractivity contribution in [3.63, 3.8) is 0 Å². The van der Waals surface area contributed by atoms with Crippen LogP contribution in [0.1, 0.15) is 12.5 Å². The highest BCUT2D eigenvalue weighted by Gasteiger charge is 2.00. The van der Waals surface area contributed by atoms with Crippen molar-refractivity contribution in [2.24, 2.45) is 0 Å². The van der Waals surface area contributed by atoms with Crippen LogP contribution in [-0.4, -0.2) is 16.8 Å². The van der Waals surface area contributed by atoms with Gasteiger partial charge in [0.1, 0.15) is 0 Å². The molecule has 0 fully saturated rings. The van der Waals surface area contributed by atoms with Crippen LogP contribution >= 0.6 is 0 Å². The smallest absolute Gasteiger partial charge is 0.0568 e. The zero-order chi connectivity index (χ0) is 11.4. The second-order valence-electron chi connectivity index (χ2n) is 3.81. The van der Waals surface area contributed by atoms with E-state index in [0.717, 1.165) is 13.1 Å². The summed E-state index contributed by atoms with van der Waals surface area (Å²) in [5.74, 6) is 0. The number of nitrogens with zero attached hydrogens (tertiary/aromatic N) is 2. The van der Waals surface area contributed by atoms with E-state index in [-0.39, 0.29) is 0 Å². The van der Waals surface area contributed by atoms with Crippen molar-refractivity contribution in [1.29, 1.82) is 0 Å². The van der Waals surface area contributed by atoms with E-state index >= 15 is 0 Å². The maximum Gasteiger partial charge on any atom is 0.0568 e. The Labute approximate surface area is 96.1 Å². The molecule has 0 saturated carbocycles. The fourth-order valence-electron chi connectivity index (χ4n) is 1.70. The van der Waals surface area contributed by atoms with Crippen molar-refractivity contribution in [2.75, 3.05) is 7.05 Å². The first-order valence-electron chi connectivity index (χ1n) is 5.60. The van der Waals surface area contributed by atoms with E-state index in [1.807, 2.05) is 17.9 Å². The highest BCUT2D eigenvalue weighted by molar-refractivity contribution is 5.61. The summed E-state index contributed by atoms with van der Waals surface area (Å²) in [6.45, 7) is 3.92. The molecule has 3 heteroatoms. The van der Waals surface area contributed by atoms with Gasteiger partial charge in [0.05, 0.1) is 6.20 Å². The second kappa shape index (κ2) is 4.94. The first-order valence-corrected chi connectivity index (χ1v) is 5.60. The Morgan fingerprint density at radius 2 is 1.94 bits per heavy atom. The minimum Gasteiger partial charge on any atom is -0.316 e. The lowest BCUT2D eigenvalue weighted by Gasteiger charge is -2.01. The molecule has 0 atom stereocenters. The molecule has 0 aliphatic rings. The third-order valence-electron chi connectivity index (χ3n) is 2.63. The molecule has 1 heterocycles. The van der Waals surface area contributed by atoms with Crippen molar-refractivity contribution in [3.05, 3.63) is 42.2 Å². The molecular formula is C13H17N3. The molecule has 1 aromatic carbocycles. The zero-order valence-corrected chi connectivity index (χ0v) is 9.77. The molecule has 1 N–H and O–H groups in total. The Morgan fingerprint density at radius 1 is 1.19 bits per heavy atom. The van der Waals surface area contributed by atoms with Crippen LogP contribution in [0.5, 0.6) is 0 Å². The van der Waals surface area contributed by atoms with Gasteiger partial charge in [-0.15, -0.1) is 0 Å². The summed E-state index contributed by atoms with van der Waals surface area (Å²) in [5, 5.41) is 7.41. The van der Waals surface area contributed by atoms with Crippen LogP contribution in [0.25, 0.3) is 11.1 Å². The SMILES string of the molecule is CCn1cc(-c2ccc(CNC)cc2)cn1. The number of nitrogens with one attached hydrogen (secondary N) is 1. The first kappa shape index (κ1) is 10.9. The van der Waals surface area contributed by atoms with Crippen LogP contribution < -0.4 is 5.32 Å². The molecule has 0 saturated heterocycles. The molecule has 0 radical (unpaired) electrons. The summed E-state index contributed by atoms with van der Waals surface area (Å²) < 4.78 is 1.94. The van der Waals surface area contributed by atoms with Crippen LogP contribution in [0.4, 0.5) is 0 Å². The number of benzene rings is 1. The van der Waals surface area contributed by atoms with Crippen LogP contribution in [0.15, 0.2) is 36.7 Å². The third kappa shape index (κ3) is 2.31. The zero-order valence-electron chi connectivity index (χ0n) is 9.77. The standard InChI is InChI=1S/C13H17N3/c1-3-16-10-13(9-15-16)12-6-4-11(5-7-12)8-14-2/h4-7,9-10,14H,3,8H2,1-2H3. The number of aromatic nitrogens is 2. The number of hydrogen-bond acceptors (Lipinski definition) is 2. The quantitative estimate of drug-likeness (QED) is 0.848. The van der Waals surface area contributed by atoms with Gasteiger partial charge >= 0.3 is 0 Å². The summed E-state index contributed by atoms with van der Waals surface area (Å²) in [4.78, 5) is 0. The van der Waals surface area contributed by atoms with Gasteiger partial charge < -0.3 is 5.32 Å². The van der Waals surface area contributed by atoms with E-state index in [4.69, 9.17) is 0 Å². The highest BCUT2D eigenvalue weighted by atomic mass is 15.3. The lowest BCUT2D eigenvalue weighted by molar-refractivity contribution is 0.660. The Morgan fingerprint density at radius 3 is 2.50 bits per heavy atom. The number of rotatable bonds is 4. The number of aryl methyl sites for hydroxylation is 1. The molecule has 0 unspecified atom stereocenters. The van der Waals surface area contributed by atoms with Crippen molar-refractivity contribution in [2.45, 2.75) is 20.0 Å². The van der Waals surface area contributed by atoms with E-state index in [0.29, 0.717) is 0 Å². The summed E-state index contributed by atoms with van der Waals surface area (Å²) in [7, 11) is 1.96. The van der Waals surface area contributed by atoms with E-state index in [9.17, 15) is 0 Å². The third-order valence-corrected chi connectivity index (χ3v) is 2.63. The molecule has 0 spiro atoms. The monoisotopic (exact) mass is 215 g/mol. The predicted molar refractivity (Wildman–Crippen MR) is 66.1 cm³/mol. The first-order chi connectivity index (χ1) is 7.83. The second-order valence-corrected chi connectivity index (χ2v) is 3.81. The van der Waals surface area contributed by atoms with Gasteiger partial charge in [0.15, 0.2) is 0 Å². The van der Waals surface area contributed by atoms with Gasteiger partial charge in [0.2, 0.25) is 0 Å². The summed E-state index contributed by atoms with van der Waals surface area (Å²) in [6, 6.07) is 8.58. The Kier molecular flexibility index (Phi) is 3.37. The fourth-order valence-corrected chi connectivity index (χ4v) is 1.70. The summed E-state index contributed by atoms with van der Waals surface area (Å²) in [5.41, 5.74) is 3.70. The van der Waals surface area contributed by atoms with Crippen molar-refractivity contribution >= 4 is 0 Å². The molecule has 0 aliphatic heterocycles. The van der Waals surface area contributed by atoms with Gasteiger partial charge in [-0.25, -0.2) is 0 Å². The topological polar surface area (TPSA) is 29.9 Å². The normalized spacial score (nSPS) is 10.6. The molecule has 1 aromatic heterocycles. The van der Waals surface area contributed by atoms with E-state index in [1.54, 1.807) is 0 Å². The van der Waals surface area contributed by atoms with Crippen molar-refractivity contribution in [3.8, 4) is 11.1 Å². The van der Waals surface area contributed by atoms with Crippen molar-refractivity contribution in [1.82, 2.24) is 15.1 Å². The molecular weight excluding hydrogens is 198 g/mol. The molecule has 0 bridgehead atoms. The summed E-state index contributed by atoms with van der Waals surface area (Å²) >= 11 is 0. The Hall–Kier alpha value is -1.61. The van der Waals surface area contributed by atoms with E-state index in [1.165, 1.54) is 16.7 Å². The predicted octanol–water partition coefficient (Wildman–Crippen LogP) is 2.29. The fraction of sp³-hybridized carbons (Fsp3) is 0.308. The number of hydrogen-bond donors (Lipinski definition) is 1. The average molecular weight is 215 g/mol. The van der Waals surface area contributed by atoms with Gasteiger partial charge in [-0.05, 0) is 25.1 Å². The largest absolute Gasteiger partial charge is 0.316 e. The van der Waals surface area contributed by atoms with Crippen LogP contribution in [0.2, 0.25) is 0 Å². The van der Waals surface area contributed by atoms with Gasteiger partial charge in [0.25, 0.3) is 0 Å². The minimum atomic E-state index is 0.911. The maximum absolute atomic E-state index is 4.27. The van der Waals surface area contributed by atoms with E-state index < -0.39 is 0 Å². The van der Waals surface area contributed by atoms with Crippen LogP contribution in [-0.2, 0) is 13.1 Å². The molecule has 0 aliphatic carbocycles. The molecule has 2 aromatic rings. The highest BCUT2D eigenvalue weighted by Crippen LogP contribution is 2.18. The van der Waals surface area contributed by atoms with Gasteiger partial charge in [-0.2, -0.15) is 5.10 Å². The molecule has 16 heavy (non-hydrogen) atoms. The molecule has 3 nitrogen and oxygen atoms in total. The molecule has 84 valence electrons. The van der Waals surface area contributed by atoms with Crippen molar-refractivity contribution < 1.29 is 0 Å². The van der Waals surface area contributed by atoms with Crippen LogP contribution in [0, 0.1) is 0 Å².